The molecule has 3 N–H and O–H groups in total. The molecule has 1 heterocycles. The summed E-state index contributed by atoms with van der Waals surface area (Å²) in [6, 6.07) is 7.90. The molecule has 1 aromatic carbocycles. The minimum Gasteiger partial charge on any atom is -0.387 e. The van der Waals surface area contributed by atoms with E-state index in [-0.39, 0.29) is 17.4 Å². The molecule has 0 aromatic heterocycles. The van der Waals surface area contributed by atoms with Crippen molar-refractivity contribution in [2.45, 2.75) is 45.6 Å². The number of nitrogens with zero attached hydrogens (tertiary/aromatic N) is 2. The van der Waals surface area contributed by atoms with Gasteiger partial charge in [0, 0.05) is 27.8 Å². The number of alkyl halides is 2. The Kier molecular flexibility index (Phi) is 11.2. The molecule has 0 aliphatic carbocycles. The Balaban J connectivity index is 0.000000343. The normalized spacial score (nSPS) is 18.6. The molecule has 1 aliphatic rings. The second-order valence-corrected chi connectivity index (χ2v) is 7.25. The van der Waals surface area contributed by atoms with E-state index in [0.717, 1.165) is 12.8 Å². The zero-order valence-corrected chi connectivity index (χ0v) is 18.4. The Morgan fingerprint density at radius 3 is 2.52 bits per heavy atom. The molecule has 0 spiro atoms. The fraction of sp³-hybridized carbons (Fsp3) is 0.348. The van der Waals surface area contributed by atoms with Gasteiger partial charge in [-0.3, -0.25) is 9.79 Å². The molecule has 2 rings (SSSR count). The zero-order chi connectivity index (χ0) is 23.4. The summed E-state index contributed by atoms with van der Waals surface area (Å²) in [6.45, 7) is 7.39. The first-order valence-corrected chi connectivity index (χ1v) is 10.2. The maximum Gasteiger partial charge on any atom is 0.260 e. The smallest absolute Gasteiger partial charge is 0.260 e. The largest absolute Gasteiger partial charge is 0.387 e. The number of rotatable bonds is 6. The second kappa shape index (κ2) is 13.3. The number of nitriles is 1. The number of halogens is 3. The van der Waals surface area contributed by atoms with Crippen LogP contribution >= 0.6 is 11.6 Å². The van der Waals surface area contributed by atoms with Gasteiger partial charge in [-0.2, -0.15) is 5.26 Å². The van der Waals surface area contributed by atoms with Gasteiger partial charge in [0.25, 0.3) is 12.3 Å². The summed E-state index contributed by atoms with van der Waals surface area (Å²) in [5, 5.41) is 12.0. The van der Waals surface area contributed by atoms with E-state index in [0.29, 0.717) is 28.5 Å². The fourth-order valence-electron chi connectivity index (χ4n) is 2.69. The Morgan fingerprint density at radius 1 is 1.39 bits per heavy atom. The number of carbonyl (C=O) groups excluding carboxylic acids is 1. The third-order valence-electron chi connectivity index (χ3n) is 4.63. The Morgan fingerprint density at radius 2 is 2.03 bits per heavy atom. The summed E-state index contributed by atoms with van der Waals surface area (Å²) >= 11 is 5.75. The molecule has 166 valence electrons. The minimum atomic E-state index is -2.36. The van der Waals surface area contributed by atoms with E-state index in [1.165, 1.54) is 6.08 Å². The van der Waals surface area contributed by atoms with Gasteiger partial charge in [-0.15, -0.1) is 0 Å². The topological polar surface area (TPSA) is 91.3 Å². The van der Waals surface area contributed by atoms with Crippen molar-refractivity contribution < 1.29 is 13.6 Å². The Labute approximate surface area is 187 Å². The lowest BCUT2D eigenvalue weighted by atomic mass is 9.93. The highest BCUT2D eigenvalue weighted by atomic mass is 35.5. The molecule has 0 fully saturated rings. The standard InChI is InChI=1S/C15H13ClN2O.C8H14F2N2/c1-3-12(10-17)5-4-11(2)15(19)18-14-8-6-13(16)7-9-14;1-2-5-3-4-6(7(9)10)12-8(5)11/h3-9H,2H2,1H3,(H,18,19);5-7H,2-4H2,1H3,(H2,11,12)/b5-4-,12-3+;. The van der Waals surface area contributed by atoms with Gasteiger partial charge >= 0.3 is 0 Å². The van der Waals surface area contributed by atoms with E-state index < -0.39 is 12.5 Å². The number of nitrogens with two attached hydrogens (primary N) is 1. The van der Waals surface area contributed by atoms with Crippen molar-refractivity contribution in [1.82, 2.24) is 0 Å². The number of amidine groups is 1. The first-order chi connectivity index (χ1) is 14.7. The molecule has 5 nitrogen and oxygen atoms in total. The lowest BCUT2D eigenvalue weighted by molar-refractivity contribution is -0.112. The highest BCUT2D eigenvalue weighted by Crippen LogP contribution is 2.23. The molecule has 1 aliphatic heterocycles. The lowest BCUT2D eigenvalue weighted by Crippen LogP contribution is -2.33. The summed E-state index contributed by atoms with van der Waals surface area (Å²) in [5.41, 5.74) is 6.91. The average molecular weight is 449 g/mol. The van der Waals surface area contributed by atoms with Crippen molar-refractivity contribution in [3.05, 3.63) is 65.2 Å². The number of nitrogens with one attached hydrogen (secondary N) is 1. The number of aliphatic imine (C=N–C) groups is 1. The number of amides is 1. The van der Waals surface area contributed by atoms with Crippen molar-refractivity contribution in [2.24, 2.45) is 16.6 Å². The molecular weight excluding hydrogens is 422 g/mol. The summed E-state index contributed by atoms with van der Waals surface area (Å²) in [7, 11) is 0. The quantitative estimate of drug-likeness (QED) is 0.334. The van der Waals surface area contributed by atoms with Crippen LogP contribution in [0.5, 0.6) is 0 Å². The van der Waals surface area contributed by atoms with Gasteiger partial charge in [0.15, 0.2) is 0 Å². The molecule has 8 heteroatoms. The van der Waals surface area contributed by atoms with E-state index in [2.05, 4.69) is 16.9 Å². The van der Waals surface area contributed by atoms with Crippen LogP contribution in [0.3, 0.4) is 0 Å². The predicted molar refractivity (Wildman–Crippen MR) is 122 cm³/mol. The first kappa shape index (κ1) is 26.1. The van der Waals surface area contributed by atoms with E-state index in [1.807, 2.05) is 13.0 Å². The molecule has 1 aromatic rings. The molecule has 1 amide bonds. The molecule has 31 heavy (non-hydrogen) atoms. The predicted octanol–water partition coefficient (Wildman–Crippen LogP) is 5.66. The third kappa shape index (κ3) is 9.14. The van der Waals surface area contributed by atoms with Crippen LogP contribution in [0.4, 0.5) is 14.5 Å². The number of anilines is 1. The van der Waals surface area contributed by atoms with E-state index in [9.17, 15) is 13.6 Å². The van der Waals surface area contributed by atoms with Gasteiger partial charge in [-0.25, -0.2) is 8.78 Å². The molecule has 0 saturated heterocycles. The van der Waals surface area contributed by atoms with Crippen LogP contribution < -0.4 is 11.1 Å². The van der Waals surface area contributed by atoms with Crippen LogP contribution in [0.15, 0.2) is 65.2 Å². The molecule has 2 unspecified atom stereocenters. The summed E-state index contributed by atoms with van der Waals surface area (Å²) in [5.74, 6) is 0.306. The number of hydrogen-bond donors (Lipinski definition) is 2. The molecule has 0 radical (unpaired) electrons. The van der Waals surface area contributed by atoms with Crippen LogP contribution in [0.25, 0.3) is 0 Å². The van der Waals surface area contributed by atoms with E-state index >= 15 is 0 Å². The lowest BCUT2D eigenvalue weighted by Gasteiger charge is -2.24. The fourth-order valence-corrected chi connectivity index (χ4v) is 2.81. The minimum absolute atomic E-state index is 0.222. The average Bonchev–Trinajstić information content (AvgIpc) is 2.76. The van der Waals surface area contributed by atoms with Gasteiger partial charge in [0.05, 0.1) is 11.9 Å². The first-order valence-electron chi connectivity index (χ1n) is 9.83. The SMILES string of the molecule is C=C(/C=C\C(C#N)=C/C)C(=O)Nc1ccc(Cl)cc1.CCC1CCC(C(F)F)N=C1N. The molecule has 2 atom stereocenters. The van der Waals surface area contributed by atoms with Crippen molar-refractivity contribution in [1.29, 1.82) is 5.26 Å². The molecule has 0 bridgehead atoms. The summed E-state index contributed by atoms with van der Waals surface area (Å²) in [4.78, 5) is 15.6. The monoisotopic (exact) mass is 448 g/mol. The van der Waals surface area contributed by atoms with E-state index in [1.54, 1.807) is 43.3 Å². The van der Waals surface area contributed by atoms with Crippen LogP contribution in [-0.4, -0.2) is 24.2 Å². The maximum atomic E-state index is 12.2. The zero-order valence-electron chi connectivity index (χ0n) is 17.6. The number of carbonyl (C=O) groups is 1. The number of allylic oxidation sites excluding steroid dienone is 3. The van der Waals surface area contributed by atoms with Crippen molar-refractivity contribution >= 4 is 29.0 Å². The van der Waals surface area contributed by atoms with Crippen LogP contribution in [0.2, 0.25) is 5.02 Å². The van der Waals surface area contributed by atoms with Crippen molar-refractivity contribution in [3.63, 3.8) is 0 Å². The summed E-state index contributed by atoms with van der Waals surface area (Å²) < 4.78 is 24.3. The van der Waals surface area contributed by atoms with Crippen LogP contribution in [0, 0.1) is 17.2 Å². The van der Waals surface area contributed by atoms with Crippen LogP contribution in [-0.2, 0) is 4.79 Å². The Bertz CT molecular complexity index is 886. The van der Waals surface area contributed by atoms with Crippen LogP contribution in [0.1, 0.15) is 33.1 Å². The van der Waals surface area contributed by atoms with Crippen molar-refractivity contribution in [2.75, 3.05) is 5.32 Å². The maximum absolute atomic E-state index is 12.2. The van der Waals surface area contributed by atoms with Gasteiger partial charge < -0.3 is 11.1 Å². The van der Waals surface area contributed by atoms with Gasteiger partial charge in [-0.1, -0.05) is 31.2 Å². The molecular formula is C23H27ClF2N4O. The number of hydrogen-bond acceptors (Lipinski definition) is 4. The van der Waals surface area contributed by atoms with Gasteiger partial charge in [0.1, 0.15) is 6.04 Å². The Hall–Kier alpha value is -2.98. The summed E-state index contributed by atoms with van der Waals surface area (Å²) in [6.07, 6.45) is 4.46. The van der Waals surface area contributed by atoms with Gasteiger partial charge in [0.2, 0.25) is 0 Å². The van der Waals surface area contributed by atoms with Crippen molar-refractivity contribution in [3.8, 4) is 6.07 Å². The second-order valence-electron chi connectivity index (χ2n) is 6.81. The highest BCUT2D eigenvalue weighted by Gasteiger charge is 2.27. The third-order valence-corrected chi connectivity index (χ3v) is 4.88. The van der Waals surface area contributed by atoms with E-state index in [4.69, 9.17) is 22.6 Å². The number of benzene rings is 1. The highest BCUT2D eigenvalue weighted by molar-refractivity contribution is 6.30. The molecule has 0 saturated carbocycles. The van der Waals surface area contributed by atoms with Gasteiger partial charge in [-0.05, 0) is 62.6 Å².